The van der Waals surface area contributed by atoms with Crippen molar-refractivity contribution in [3.63, 3.8) is 0 Å². The van der Waals surface area contributed by atoms with E-state index in [-0.39, 0.29) is 5.91 Å². The molecule has 1 saturated carbocycles. The van der Waals surface area contributed by atoms with Gasteiger partial charge in [0.05, 0.1) is 17.9 Å². The molecule has 1 saturated heterocycles. The number of aryl methyl sites for hydroxylation is 2. The molecule has 1 aromatic rings. The maximum absolute atomic E-state index is 12.3. The van der Waals surface area contributed by atoms with Crippen LogP contribution < -0.4 is 10.2 Å². The molecule has 1 aliphatic heterocycles. The van der Waals surface area contributed by atoms with Crippen molar-refractivity contribution in [1.82, 2.24) is 20.2 Å². The quantitative estimate of drug-likeness (QED) is 0.903. The van der Waals surface area contributed by atoms with Crippen LogP contribution in [0.3, 0.4) is 0 Å². The standard InChI is InChI=1S/C19H31N5O/c1-14-4-6-17(7-5-14)22-18(25)13-23-8-10-24(11-9-23)19-16(3)20-12-15(2)21-19/h12,14,17H,4-11,13H2,1-3H3,(H,22,25). The summed E-state index contributed by atoms with van der Waals surface area (Å²) in [5.74, 6) is 1.98. The highest BCUT2D eigenvalue weighted by molar-refractivity contribution is 5.78. The average Bonchev–Trinajstić information content (AvgIpc) is 2.60. The first kappa shape index (κ1) is 18.1. The Morgan fingerprint density at radius 1 is 1.16 bits per heavy atom. The second kappa shape index (κ2) is 8.13. The zero-order valence-corrected chi connectivity index (χ0v) is 15.8. The number of carbonyl (C=O) groups is 1. The van der Waals surface area contributed by atoms with E-state index in [0.29, 0.717) is 12.6 Å². The minimum Gasteiger partial charge on any atom is -0.353 e. The third-order valence-electron chi connectivity index (χ3n) is 5.47. The van der Waals surface area contributed by atoms with Crippen molar-refractivity contribution < 1.29 is 4.79 Å². The van der Waals surface area contributed by atoms with Crippen molar-refractivity contribution in [1.29, 1.82) is 0 Å². The number of amides is 1. The van der Waals surface area contributed by atoms with Gasteiger partial charge in [0.25, 0.3) is 0 Å². The molecule has 1 aromatic heterocycles. The number of rotatable bonds is 4. The van der Waals surface area contributed by atoms with E-state index < -0.39 is 0 Å². The fraction of sp³-hybridized carbons (Fsp3) is 0.737. The van der Waals surface area contributed by atoms with Gasteiger partial charge in [-0.25, -0.2) is 4.98 Å². The number of carbonyl (C=O) groups excluding carboxylic acids is 1. The van der Waals surface area contributed by atoms with Crippen LogP contribution in [0.15, 0.2) is 6.20 Å². The molecular weight excluding hydrogens is 314 g/mol. The number of nitrogens with one attached hydrogen (secondary N) is 1. The summed E-state index contributed by atoms with van der Waals surface area (Å²) in [5, 5.41) is 3.23. The summed E-state index contributed by atoms with van der Waals surface area (Å²) in [6, 6.07) is 0.384. The summed E-state index contributed by atoms with van der Waals surface area (Å²) in [5.41, 5.74) is 1.92. The Hall–Kier alpha value is -1.69. The summed E-state index contributed by atoms with van der Waals surface area (Å²) < 4.78 is 0. The first-order chi connectivity index (χ1) is 12.0. The van der Waals surface area contributed by atoms with Crippen LogP contribution in [0.2, 0.25) is 0 Å². The lowest BCUT2D eigenvalue weighted by Gasteiger charge is -2.36. The van der Waals surface area contributed by atoms with Crippen LogP contribution in [0.1, 0.15) is 44.0 Å². The van der Waals surface area contributed by atoms with E-state index in [4.69, 9.17) is 0 Å². The minimum atomic E-state index is 0.180. The molecule has 0 aromatic carbocycles. The lowest BCUT2D eigenvalue weighted by atomic mass is 9.87. The zero-order chi connectivity index (χ0) is 17.8. The van der Waals surface area contributed by atoms with Crippen molar-refractivity contribution in [3.8, 4) is 0 Å². The van der Waals surface area contributed by atoms with E-state index in [1.165, 1.54) is 12.8 Å². The molecule has 1 N–H and O–H groups in total. The summed E-state index contributed by atoms with van der Waals surface area (Å²) in [7, 11) is 0. The monoisotopic (exact) mass is 345 g/mol. The maximum Gasteiger partial charge on any atom is 0.234 e. The van der Waals surface area contributed by atoms with Gasteiger partial charge in [-0.3, -0.25) is 14.7 Å². The van der Waals surface area contributed by atoms with Crippen molar-refractivity contribution in [3.05, 3.63) is 17.6 Å². The molecule has 2 aliphatic rings. The molecular formula is C19H31N5O. The SMILES string of the molecule is Cc1cnc(C)c(N2CCN(CC(=O)NC3CCC(C)CC3)CC2)n1. The molecule has 1 aliphatic carbocycles. The second-order valence-corrected chi connectivity index (χ2v) is 7.71. The van der Waals surface area contributed by atoms with Crippen LogP contribution in [0.4, 0.5) is 5.82 Å². The van der Waals surface area contributed by atoms with E-state index in [1.54, 1.807) is 0 Å². The third-order valence-corrected chi connectivity index (χ3v) is 5.47. The molecule has 6 nitrogen and oxygen atoms in total. The molecule has 2 fully saturated rings. The van der Waals surface area contributed by atoms with Crippen molar-refractivity contribution >= 4 is 11.7 Å². The largest absolute Gasteiger partial charge is 0.353 e. The number of hydrogen-bond acceptors (Lipinski definition) is 5. The topological polar surface area (TPSA) is 61.4 Å². The van der Waals surface area contributed by atoms with Crippen molar-refractivity contribution in [2.45, 2.75) is 52.5 Å². The van der Waals surface area contributed by atoms with Gasteiger partial charge in [-0.05, 0) is 45.4 Å². The summed E-state index contributed by atoms with van der Waals surface area (Å²) in [4.78, 5) is 25.9. The molecule has 2 heterocycles. The van der Waals surface area contributed by atoms with Crippen LogP contribution >= 0.6 is 0 Å². The second-order valence-electron chi connectivity index (χ2n) is 7.71. The van der Waals surface area contributed by atoms with Crippen LogP contribution in [0.5, 0.6) is 0 Å². The van der Waals surface area contributed by atoms with Gasteiger partial charge in [-0.1, -0.05) is 6.92 Å². The number of nitrogens with zero attached hydrogens (tertiary/aromatic N) is 4. The lowest BCUT2D eigenvalue weighted by Crippen LogP contribution is -2.51. The summed E-state index contributed by atoms with van der Waals surface area (Å²) >= 11 is 0. The van der Waals surface area contributed by atoms with Gasteiger partial charge in [-0.2, -0.15) is 0 Å². The highest BCUT2D eigenvalue weighted by Gasteiger charge is 2.24. The normalized spacial score (nSPS) is 25.0. The molecule has 0 atom stereocenters. The summed E-state index contributed by atoms with van der Waals surface area (Å²) in [6.07, 6.45) is 6.55. The molecule has 0 spiro atoms. The van der Waals surface area contributed by atoms with Gasteiger partial charge in [-0.15, -0.1) is 0 Å². The molecule has 138 valence electrons. The van der Waals surface area contributed by atoms with E-state index in [0.717, 1.165) is 62.1 Å². The molecule has 0 unspecified atom stereocenters. The summed E-state index contributed by atoms with van der Waals surface area (Å²) in [6.45, 7) is 10.4. The first-order valence-corrected chi connectivity index (χ1v) is 9.58. The van der Waals surface area contributed by atoms with Gasteiger partial charge in [0.1, 0.15) is 5.82 Å². The van der Waals surface area contributed by atoms with Crippen LogP contribution in [-0.4, -0.2) is 59.5 Å². The Bertz CT molecular complexity index is 589. The predicted octanol–water partition coefficient (Wildman–Crippen LogP) is 1.91. The van der Waals surface area contributed by atoms with E-state index in [9.17, 15) is 4.79 Å². The molecule has 0 radical (unpaired) electrons. The predicted molar refractivity (Wildman–Crippen MR) is 99.7 cm³/mol. The van der Waals surface area contributed by atoms with Gasteiger partial charge in [0, 0.05) is 38.4 Å². The highest BCUT2D eigenvalue weighted by atomic mass is 16.2. The van der Waals surface area contributed by atoms with Gasteiger partial charge in [0.15, 0.2) is 0 Å². The van der Waals surface area contributed by atoms with E-state index >= 15 is 0 Å². The highest BCUT2D eigenvalue weighted by Crippen LogP contribution is 2.23. The van der Waals surface area contributed by atoms with Crippen molar-refractivity contribution in [2.75, 3.05) is 37.6 Å². The maximum atomic E-state index is 12.3. The Morgan fingerprint density at radius 3 is 2.52 bits per heavy atom. The molecule has 1 amide bonds. The Morgan fingerprint density at radius 2 is 1.84 bits per heavy atom. The third kappa shape index (κ3) is 4.91. The minimum absolute atomic E-state index is 0.180. The van der Waals surface area contributed by atoms with E-state index in [2.05, 4.69) is 32.0 Å². The van der Waals surface area contributed by atoms with Crippen LogP contribution in [0, 0.1) is 19.8 Å². The number of aromatic nitrogens is 2. The fourth-order valence-corrected chi connectivity index (χ4v) is 3.82. The Kier molecular flexibility index (Phi) is 5.89. The average molecular weight is 345 g/mol. The van der Waals surface area contributed by atoms with Crippen LogP contribution in [0.25, 0.3) is 0 Å². The van der Waals surface area contributed by atoms with Gasteiger partial charge >= 0.3 is 0 Å². The molecule has 0 bridgehead atoms. The molecule has 3 rings (SSSR count). The lowest BCUT2D eigenvalue weighted by molar-refractivity contribution is -0.123. The van der Waals surface area contributed by atoms with E-state index in [1.807, 2.05) is 20.0 Å². The zero-order valence-electron chi connectivity index (χ0n) is 15.8. The van der Waals surface area contributed by atoms with Crippen LogP contribution in [-0.2, 0) is 4.79 Å². The van der Waals surface area contributed by atoms with Gasteiger partial charge < -0.3 is 10.2 Å². The number of hydrogen-bond donors (Lipinski definition) is 1. The molecule has 6 heteroatoms. The first-order valence-electron chi connectivity index (χ1n) is 9.58. The number of anilines is 1. The van der Waals surface area contributed by atoms with Gasteiger partial charge in [0.2, 0.25) is 5.91 Å². The Labute approximate surface area is 151 Å². The fourth-order valence-electron chi connectivity index (χ4n) is 3.82. The smallest absolute Gasteiger partial charge is 0.234 e. The molecule has 25 heavy (non-hydrogen) atoms. The Balaban J connectivity index is 1.44. The van der Waals surface area contributed by atoms with Crippen molar-refractivity contribution in [2.24, 2.45) is 5.92 Å². The number of piperazine rings is 1.